The fourth-order valence-electron chi connectivity index (χ4n) is 4.81. The van der Waals surface area contributed by atoms with Crippen LogP contribution in [0.1, 0.15) is 24.2 Å². The van der Waals surface area contributed by atoms with Crippen LogP contribution >= 0.6 is 11.8 Å². The zero-order valence-electron chi connectivity index (χ0n) is 23.7. The van der Waals surface area contributed by atoms with Crippen molar-refractivity contribution in [3.63, 3.8) is 0 Å². The summed E-state index contributed by atoms with van der Waals surface area (Å²) in [6.07, 6.45) is 6.08. The van der Waals surface area contributed by atoms with Crippen molar-refractivity contribution in [1.82, 2.24) is 34.2 Å². The van der Waals surface area contributed by atoms with Crippen molar-refractivity contribution in [1.29, 1.82) is 0 Å². The van der Waals surface area contributed by atoms with Crippen LogP contribution in [0, 0.1) is 0 Å². The summed E-state index contributed by atoms with van der Waals surface area (Å²) in [7, 11) is 0. The summed E-state index contributed by atoms with van der Waals surface area (Å²) in [5, 5.41) is 21.0. The number of fused-ring (bicyclic) bond motifs is 1. The SMILES string of the molecule is CC(C)Sc1ccc(OC(F)F)c(-c2nn(CC(=O)N3CCN(CCO)CC3)cc2NC(=O)c2cnn3cccnc23)c1. The van der Waals surface area contributed by atoms with Gasteiger partial charge >= 0.3 is 6.61 Å². The molecular formula is C28H32F2N8O4S. The van der Waals surface area contributed by atoms with Crippen LogP contribution in [0.5, 0.6) is 5.75 Å². The van der Waals surface area contributed by atoms with Gasteiger partial charge in [0, 0.05) is 67.0 Å². The second-order valence-corrected chi connectivity index (χ2v) is 11.8. The second-order valence-electron chi connectivity index (χ2n) is 10.1. The van der Waals surface area contributed by atoms with Crippen LogP contribution in [0.15, 0.2) is 53.9 Å². The van der Waals surface area contributed by atoms with Crippen molar-refractivity contribution in [2.75, 3.05) is 44.6 Å². The van der Waals surface area contributed by atoms with Gasteiger partial charge in [-0.1, -0.05) is 13.8 Å². The van der Waals surface area contributed by atoms with E-state index in [1.807, 2.05) is 13.8 Å². The highest BCUT2D eigenvalue weighted by Gasteiger charge is 2.25. The zero-order chi connectivity index (χ0) is 30.5. The van der Waals surface area contributed by atoms with E-state index in [2.05, 4.69) is 25.4 Å². The summed E-state index contributed by atoms with van der Waals surface area (Å²) >= 11 is 1.53. The number of alkyl halides is 2. The summed E-state index contributed by atoms with van der Waals surface area (Å²) < 4.78 is 34.5. The predicted octanol–water partition coefficient (Wildman–Crippen LogP) is 3.08. The minimum atomic E-state index is -3.08. The molecule has 4 aromatic rings. The fraction of sp³-hybridized carbons (Fsp3) is 0.393. The van der Waals surface area contributed by atoms with Crippen molar-refractivity contribution in [2.45, 2.75) is 37.1 Å². The molecule has 43 heavy (non-hydrogen) atoms. The normalized spacial score (nSPS) is 14.2. The predicted molar refractivity (Wildman–Crippen MR) is 156 cm³/mol. The monoisotopic (exact) mass is 614 g/mol. The molecule has 12 nitrogen and oxygen atoms in total. The average molecular weight is 615 g/mol. The molecule has 4 heterocycles. The van der Waals surface area contributed by atoms with Gasteiger partial charge in [-0.05, 0) is 24.3 Å². The van der Waals surface area contributed by atoms with Gasteiger partial charge in [-0.15, -0.1) is 11.8 Å². The molecule has 15 heteroatoms. The molecule has 1 aliphatic rings. The quantitative estimate of drug-likeness (QED) is 0.245. The number of aromatic nitrogens is 5. The number of hydrogen-bond acceptors (Lipinski definition) is 9. The number of benzene rings is 1. The molecule has 0 aliphatic carbocycles. The first-order valence-corrected chi connectivity index (χ1v) is 14.6. The number of halogens is 2. The molecule has 0 atom stereocenters. The van der Waals surface area contributed by atoms with Gasteiger partial charge < -0.3 is 20.1 Å². The Balaban J connectivity index is 1.49. The van der Waals surface area contributed by atoms with E-state index >= 15 is 0 Å². The molecule has 0 unspecified atom stereocenters. The van der Waals surface area contributed by atoms with E-state index in [1.54, 1.807) is 35.5 Å². The maximum Gasteiger partial charge on any atom is 0.387 e. The second kappa shape index (κ2) is 13.5. The molecule has 0 radical (unpaired) electrons. The molecule has 0 bridgehead atoms. The molecule has 2 N–H and O–H groups in total. The number of hydrogen-bond donors (Lipinski definition) is 2. The third kappa shape index (κ3) is 7.29. The molecule has 2 amide bonds. The highest BCUT2D eigenvalue weighted by molar-refractivity contribution is 7.99. The van der Waals surface area contributed by atoms with Crippen LogP contribution < -0.4 is 10.1 Å². The van der Waals surface area contributed by atoms with Crippen LogP contribution in [0.4, 0.5) is 14.5 Å². The van der Waals surface area contributed by atoms with Crippen molar-refractivity contribution in [3.05, 3.63) is 54.6 Å². The summed E-state index contributed by atoms with van der Waals surface area (Å²) in [5.41, 5.74) is 1.14. The number of carbonyl (C=O) groups is 2. The lowest BCUT2D eigenvalue weighted by Gasteiger charge is -2.34. The number of ether oxygens (including phenoxy) is 1. The van der Waals surface area contributed by atoms with E-state index in [9.17, 15) is 23.5 Å². The molecule has 5 rings (SSSR count). The van der Waals surface area contributed by atoms with E-state index in [0.717, 1.165) is 4.90 Å². The summed E-state index contributed by atoms with van der Waals surface area (Å²) in [6, 6.07) is 6.50. The minimum absolute atomic E-state index is 0.0535. The Morgan fingerprint density at radius 3 is 2.70 bits per heavy atom. The Morgan fingerprint density at radius 2 is 1.98 bits per heavy atom. The zero-order valence-corrected chi connectivity index (χ0v) is 24.5. The van der Waals surface area contributed by atoms with Gasteiger partial charge in [0.1, 0.15) is 23.6 Å². The minimum Gasteiger partial charge on any atom is -0.434 e. The van der Waals surface area contributed by atoms with Crippen LogP contribution in [0.25, 0.3) is 16.9 Å². The van der Waals surface area contributed by atoms with Gasteiger partial charge in [-0.3, -0.25) is 19.2 Å². The number of β-amino-alcohol motifs (C(OH)–C–C–N with tert-alkyl or cyclic N) is 1. The summed E-state index contributed by atoms with van der Waals surface area (Å²) in [5.74, 6) is -0.840. The Kier molecular flexibility index (Phi) is 9.52. The van der Waals surface area contributed by atoms with Gasteiger partial charge in [0.2, 0.25) is 5.91 Å². The lowest BCUT2D eigenvalue weighted by Crippen LogP contribution is -2.50. The number of rotatable bonds is 11. The summed E-state index contributed by atoms with van der Waals surface area (Å²) in [6.45, 7) is 3.68. The van der Waals surface area contributed by atoms with Gasteiger partial charge in [-0.25, -0.2) is 9.50 Å². The Hall–Kier alpha value is -4.08. The first-order valence-electron chi connectivity index (χ1n) is 13.8. The van der Waals surface area contributed by atoms with Gasteiger partial charge in [0.25, 0.3) is 5.91 Å². The van der Waals surface area contributed by atoms with Gasteiger partial charge in [-0.2, -0.15) is 19.0 Å². The van der Waals surface area contributed by atoms with Crippen molar-refractivity contribution < 1.29 is 28.2 Å². The first-order chi connectivity index (χ1) is 20.7. The number of amides is 2. The van der Waals surface area contributed by atoms with Crippen molar-refractivity contribution in [2.24, 2.45) is 0 Å². The molecule has 228 valence electrons. The van der Waals surface area contributed by atoms with Gasteiger partial charge in [0.05, 0.1) is 18.5 Å². The van der Waals surface area contributed by atoms with Crippen molar-refractivity contribution in [3.8, 4) is 17.0 Å². The molecule has 1 aromatic carbocycles. The molecule has 3 aromatic heterocycles. The van der Waals surface area contributed by atoms with Crippen LogP contribution in [0.2, 0.25) is 0 Å². The molecule has 1 aliphatic heterocycles. The van der Waals surface area contributed by atoms with E-state index in [-0.39, 0.29) is 52.6 Å². The fourth-order valence-corrected chi connectivity index (χ4v) is 5.69. The van der Waals surface area contributed by atoms with Crippen LogP contribution in [-0.2, 0) is 11.3 Å². The Bertz CT molecular complexity index is 1590. The van der Waals surface area contributed by atoms with Crippen LogP contribution in [0.3, 0.4) is 0 Å². The molecule has 1 fully saturated rings. The van der Waals surface area contributed by atoms with E-state index < -0.39 is 12.5 Å². The standard InChI is InChI=1S/C28H32F2N8O4S/c1-18(2)43-19-4-5-23(42-28(29)30)20(14-19)25-22(33-27(41)21-15-32-38-7-3-6-31-26(21)38)16-37(34-25)17-24(40)36-10-8-35(9-11-36)12-13-39/h3-7,14-16,18,28,39H,8-13,17H2,1-2H3,(H,33,41). The number of anilines is 1. The topological polar surface area (TPSA) is 130 Å². The Labute approximate surface area is 250 Å². The number of nitrogens with one attached hydrogen (secondary N) is 1. The molecule has 1 saturated heterocycles. The molecular weight excluding hydrogens is 582 g/mol. The average Bonchev–Trinajstić information content (AvgIpc) is 3.58. The maximum absolute atomic E-state index is 13.4. The largest absolute Gasteiger partial charge is 0.434 e. The number of aliphatic hydroxyl groups is 1. The molecule has 0 spiro atoms. The lowest BCUT2D eigenvalue weighted by molar-refractivity contribution is -0.133. The third-order valence-corrected chi connectivity index (χ3v) is 7.76. The smallest absolute Gasteiger partial charge is 0.387 e. The number of nitrogens with zero attached hydrogens (tertiary/aromatic N) is 7. The van der Waals surface area contributed by atoms with E-state index in [4.69, 9.17) is 4.74 Å². The number of carbonyl (C=O) groups excluding carboxylic acids is 2. The molecule has 0 saturated carbocycles. The lowest BCUT2D eigenvalue weighted by atomic mass is 10.1. The highest BCUT2D eigenvalue weighted by Crippen LogP contribution is 2.39. The van der Waals surface area contributed by atoms with Gasteiger partial charge in [0.15, 0.2) is 5.65 Å². The number of aliphatic hydroxyl groups excluding tert-OH is 1. The van der Waals surface area contributed by atoms with Crippen molar-refractivity contribution >= 4 is 34.9 Å². The third-order valence-electron chi connectivity index (χ3n) is 6.77. The number of thioether (sulfide) groups is 1. The van der Waals surface area contributed by atoms with E-state index in [0.29, 0.717) is 38.4 Å². The van der Waals surface area contributed by atoms with E-state index in [1.165, 1.54) is 39.4 Å². The highest BCUT2D eigenvalue weighted by atomic mass is 32.2. The maximum atomic E-state index is 13.4. The summed E-state index contributed by atoms with van der Waals surface area (Å²) in [4.78, 5) is 35.4. The van der Waals surface area contributed by atoms with Crippen LogP contribution in [-0.4, -0.2) is 102 Å². The first kappa shape index (κ1) is 30.4. The Morgan fingerprint density at radius 1 is 1.19 bits per heavy atom. The number of piperazine rings is 1.